The van der Waals surface area contributed by atoms with E-state index < -0.39 is 11.6 Å². The Morgan fingerprint density at radius 3 is 2.76 bits per heavy atom. The summed E-state index contributed by atoms with van der Waals surface area (Å²) in [6.45, 7) is 0. The first-order chi connectivity index (χ1) is 10.1. The first kappa shape index (κ1) is 13.0. The van der Waals surface area contributed by atoms with Crippen LogP contribution in [0.2, 0.25) is 0 Å². The van der Waals surface area contributed by atoms with Gasteiger partial charge in [0.2, 0.25) is 0 Å². The van der Waals surface area contributed by atoms with E-state index in [1.165, 1.54) is 18.7 Å². The second-order valence-corrected chi connectivity index (χ2v) is 4.18. The van der Waals surface area contributed by atoms with E-state index >= 15 is 0 Å². The summed E-state index contributed by atoms with van der Waals surface area (Å²) >= 11 is 0. The van der Waals surface area contributed by atoms with Gasteiger partial charge in [0.15, 0.2) is 11.6 Å². The van der Waals surface area contributed by atoms with Gasteiger partial charge in [-0.3, -0.25) is 4.57 Å². The Morgan fingerprint density at radius 1 is 1.19 bits per heavy atom. The van der Waals surface area contributed by atoms with E-state index in [4.69, 9.17) is 5.73 Å². The van der Waals surface area contributed by atoms with Crippen LogP contribution in [0.3, 0.4) is 0 Å². The summed E-state index contributed by atoms with van der Waals surface area (Å²) in [4.78, 5) is 11.9. The number of halogens is 2. The maximum Gasteiger partial charge on any atom is 0.166 e. The van der Waals surface area contributed by atoms with Gasteiger partial charge in [-0.2, -0.15) is 0 Å². The SMILES string of the molecule is Nc1c(Nc2ccc(F)cc2F)ncnc1-n1ccnc1. The molecular formula is C13H10F2N6. The second-order valence-electron chi connectivity index (χ2n) is 4.18. The molecule has 0 fully saturated rings. The molecule has 2 heterocycles. The van der Waals surface area contributed by atoms with Crippen molar-refractivity contribution < 1.29 is 8.78 Å². The molecule has 0 amide bonds. The van der Waals surface area contributed by atoms with Crippen LogP contribution in [0.5, 0.6) is 0 Å². The second kappa shape index (κ2) is 5.16. The summed E-state index contributed by atoms with van der Waals surface area (Å²) < 4.78 is 28.1. The van der Waals surface area contributed by atoms with Crippen molar-refractivity contribution in [3.63, 3.8) is 0 Å². The predicted molar refractivity (Wildman–Crippen MR) is 73.2 cm³/mol. The summed E-state index contributed by atoms with van der Waals surface area (Å²) in [5.74, 6) is -0.767. The number of imidazole rings is 1. The number of benzene rings is 1. The lowest BCUT2D eigenvalue weighted by atomic mass is 10.3. The van der Waals surface area contributed by atoms with Crippen molar-refractivity contribution in [2.45, 2.75) is 0 Å². The summed E-state index contributed by atoms with van der Waals surface area (Å²) in [7, 11) is 0. The average Bonchev–Trinajstić information content (AvgIpc) is 2.98. The number of aromatic nitrogens is 4. The van der Waals surface area contributed by atoms with Crippen LogP contribution in [0.4, 0.5) is 26.0 Å². The highest BCUT2D eigenvalue weighted by atomic mass is 19.1. The lowest BCUT2D eigenvalue weighted by Crippen LogP contribution is -2.07. The molecular weight excluding hydrogens is 278 g/mol. The molecule has 106 valence electrons. The molecule has 3 N–H and O–H groups in total. The van der Waals surface area contributed by atoms with Crippen molar-refractivity contribution in [1.82, 2.24) is 19.5 Å². The lowest BCUT2D eigenvalue weighted by Gasteiger charge is -2.11. The molecule has 0 aliphatic heterocycles. The Bertz CT molecular complexity index is 772. The van der Waals surface area contributed by atoms with Gasteiger partial charge in [-0.1, -0.05) is 0 Å². The first-order valence-electron chi connectivity index (χ1n) is 5.96. The normalized spacial score (nSPS) is 10.6. The number of hydrogen-bond acceptors (Lipinski definition) is 5. The molecule has 6 nitrogen and oxygen atoms in total. The molecule has 0 radical (unpaired) electrons. The summed E-state index contributed by atoms with van der Waals surface area (Å²) in [6.07, 6.45) is 6.06. The van der Waals surface area contributed by atoms with Crippen molar-refractivity contribution in [3.8, 4) is 5.82 Å². The smallest absolute Gasteiger partial charge is 0.166 e. The molecule has 0 spiro atoms. The topological polar surface area (TPSA) is 81.6 Å². The van der Waals surface area contributed by atoms with Crippen LogP contribution in [-0.4, -0.2) is 19.5 Å². The average molecular weight is 288 g/mol. The molecule has 0 saturated heterocycles. The van der Waals surface area contributed by atoms with Gasteiger partial charge < -0.3 is 11.1 Å². The number of nitrogens with zero attached hydrogens (tertiary/aromatic N) is 4. The van der Waals surface area contributed by atoms with Gasteiger partial charge in [-0.25, -0.2) is 23.7 Å². The molecule has 21 heavy (non-hydrogen) atoms. The van der Waals surface area contributed by atoms with Crippen molar-refractivity contribution >= 4 is 17.2 Å². The minimum absolute atomic E-state index is 0.0679. The zero-order valence-corrected chi connectivity index (χ0v) is 10.7. The molecule has 0 aliphatic rings. The van der Waals surface area contributed by atoms with Crippen molar-refractivity contribution in [3.05, 3.63) is 54.9 Å². The number of rotatable bonds is 3. The Hall–Kier alpha value is -3.03. The van der Waals surface area contributed by atoms with E-state index in [1.807, 2.05) is 0 Å². The molecule has 8 heteroatoms. The largest absolute Gasteiger partial charge is 0.393 e. The van der Waals surface area contributed by atoms with Crippen molar-refractivity contribution in [1.29, 1.82) is 0 Å². The molecule has 3 aromatic rings. The number of hydrogen-bond donors (Lipinski definition) is 2. The highest BCUT2D eigenvalue weighted by Crippen LogP contribution is 2.26. The third kappa shape index (κ3) is 2.50. The Kier molecular flexibility index (Phi) is 3.19. The predicted octanol–water partition coefficient (Wildman–Crippen LogP) is 2.27. The van der Waals surface area contributed by atoms with Gasteiger partial charge in [0.05, 0.1) is 5.69 Å². The minimum Gasteiger partial charge on any atom is -0.393 e. The Balaban J connectivity index is 1.98. The monoisotopic (exact) mass is 288 g/mol. The van der Waals surface area contributed by atoms with E-state index in [1.54, 1.807) is 17.0 Å². The molecule has 0 unspecified atom stereocenters. The molecule has 2 aromatic heterocycles. The van der Waals surface area contributed by atoms with Crippen LogP contribution in [-0.2, 0) is 0 Å². The third-order valence-electron chi connectivity index (χ3n) is 2.80. The molecule has 0 saturated carbocycles. The maximum atomic E-state index is 13.6. The van der Waals surface area contributed by atoms with Crippen LogP contribution in [0.25, 0.3) is 5.82 Å². The summed E-state index contributed by atoms with van der Waals surface area (Å²) in [5.41, 5.74) is 6.26. The van der Waals surface area contributed by atoms with Crippen LogP contribution in [0, 0.1) is 11.6 Å². The molecule has 0 atom stereocenters. The fraction of sp³-hybridized carbons (Fsp3) is 0. The van der Waals surface area contributed by atoms with Gasteiger partial charge >= 0.3 is 0 Å². The van der Waals surface area contributed by atoms with E-state index in [0.717, 1.165) is 12.1 Å². The molecule has 3 rings (SSSR count). The zero-order chi connectivity index (χ0) is 14.8. The molecule has 1 aromatic carbocycles. The highest BCUT2D eigenvalue weighted by molar-refractivity contribution is 5.74. The fourth-order valence-electron chi connectivity index (χ4n) is 1.79. The maximum absolute atomic E-state index is 13.6. The zero-order valence-electron chi connectivity index (χ0n) is 10.7. The Morgan fingerprint density at radius 2 is 2.05 bits per heavy atom. The quantitative estimate of drug-likeness (QED) is 0.772. The van der Waals surface area contributed by atoms with Crippen LogP contribution in [0.15, 0.2) is 43.2 Å². The van der Waals surface area contributed by atoms with Gasteiger partial charge in [0, 0.05) is 18.5 Å². The first-order valence-corrected chi connectivity index (χ1v) is 5.96. The van der Waals surface area contributed by atoms with Crippen LogP contribution in [0.1, 0.15) is 0 Å². The Labute approximate surface area is 118 Å². The lowest BCUT2D eigenvalue weighted by molar-refractivity contribution is 0.586. The van der Waals surface area contributed by atoms with E-state index in [9.17, 15) is 8.78 Å². The van der Waals surface area contributed by atoms with Crippen molar-refractivity contribution in [2.24, 2.45) is 0 Å². The minimum atomic E-state index is -0.739. The summed E-state index contributed by atoms with van der Waals surface area (Å²) in [6, 6.07) is 3.18. The number of nitrogens with one attached hydrogen (secondary N) is 1. The van der Waals surface area contributed by atoms with E-state index in [0.29, 0.717) is 5.82 Å². The molecule has 0 aliphatic carbocycles. The van der Waals surface area contributed by atoms with Crippen LogP contribution >= 0.6 is 0 Å². The van der Waals surface area contributed by atoms with E-state index in [-0.39, 0.29) is 17.2 Å². The highest BCUT2D eigenvalue weighted by Gasteiger charge is 2.12. The van der Waals surface area contributed by atoms with Gasteiger partial charge in [-0.05, 0) is 12.1 Å². The van der Waals surface area contributed by atoms with Gasteiger partial charge in [-0.15, -0.1) is 0 Å². The van der Waals surface area contributed by atoms with Gasteiger partial charge in [0.25, 0.3) is 0 Å². The number of anilines is 3. The third-order valence-corrected chi connectivity index (χ3v) is 2.80. The van der Waals surface area contributed by atoms with Crippen LogP contribution < -0.4 is 11.1 Å². The number of nitrogen functional groups attached to an aromatic ring is 1. The molecule has 0 bridgehead atoms. The number of nitrogens with two attached hydrogens (primary N) is 1. The van der Waals surface area contributed by atoms with Gasteiger partial charge in [0.1, 0.15) is 30.0 Å². The summed E-state index contributed by atoms with van der Waals surface area (Å²) in [5, 5.41) is 2.72. The standard InChI is InChI=1S/C13H10F2N6/c14-8-1-2-10(9(15)5-8)20-12-11(16)13(19-6-18-12)21-4-3-17-7-21/h1-7H,16H2,(H,18,19,20). The van der Waals surface area contributed by atoms with Crippen molar-refractivity contribution in [2.75, 3.05) is 11.1 Å². The van der Waals surface area contributed by atoms with E-state index in [2.05, 4.69) is 20.3 Å². The fourth-order valence-corrected chi connectivity index (χ4v) is 1.79.